The molecule has 0 aromatic heterocycles. The summed E-state index contributed by atoms with van der Waals surface area (Å²) in [5.74, 6) is -1.39. The van der Waals surface area contributed by atoms with Crippen molar-refractivity contribution >= 4 is 40.8 Å². The highest BCUT2D eigenvalue weighted by molar-refractivity contribution is 6.31. The average Bonchev–Trinajstić information content (AvgIpc) is 2.37. The van der Waals surface area contributed by atoms with E-state index in [9.17, 15) is 14.4 Å². The number of carboxylic acids is 1. The van der Waals surface area contributed by atoms with Gasteiger partial charge in [0, 0.05) is 24.8 Å². The molecule has 0 aliphatic rings. The Hall–Kier alpha value is -2.08. The first kappa shape index (κ1) is 17.0. The standard InChI is InChI=1S/C14H17ClN2O4/c1-9(18)16-11-7-6-10(15)8-12(11)17-13(19)4-2-3-5-14(20)21/h6-8H,2-5H2,1H3,(H,16,18)(H,17,19)(H,20,21). The van der Waals surface area contributed by atoms with Gasteiger partial charge in [0.2, 0.25) is 11.8 Å². The van der Waals surface area contributed by atoms with Crippen LogP contribution in [0.1, 0.15) is 32.6 Å². The van der Waals surface area contributed by atoms with E-state index in [-0.39, 0.29) is 24.7 Å². The summed E-state index contributed by atoms with van der Waals surface area (Å²) in [6.45, 7) is 1.37. The molecule has 0 saturated heterocycles. The lowest BCUT2D eigenvalue weighted by atomic mass is 10.2. The SMILES string of the molecule is CC(=O)Nc1ccc(Cl)cc1NC(=O)CCCCC(=O)O. The average molecular weight is 313 g/mol. The molecular formula is C14H17ClN2O4. The van der Waals surface area contributed by atoms with Gasteiger partial charge in [-0.2, -0.15) is 0 Å². The van der Waals surface area contributed by atoms with Crippen LogP contribution in [0.15, 0.2) is 18.2 Å². The van der Waals surface area contributed by atoms with Crippen molar-refractivity contribution in [3.05, 3.63) is 23.2 Å². The molecule has 1 rings (SSSR count). The van der Waals surface area contributed by atoms with Crippen LogP contribution in [-0.2, 0) is 14.4 Å². The summed E-state index contributed by atoms with van der Waals surface area (Å²) in [5, 5.41) is 14.2. The van der Waals surface area contributed by atoms with Crippen molar-refractivity contribution in [2.45, 2.75) is 32.6 Å². The van der Waals surface area contributed by atoms with E-state index in [0.29, 0.717) is 29.2 Å². The number of nitrogens with one attached hydrogen (secondary N) is 2. The van der Waals surface area contributed by atoms with E-state index >= 15 is 0 Å². The number of rotatable bonds is 7. The first-order valence-electron chi connectivity index (χ1n) is 6.47. The van der Waals surface area contributed by atoms with Crippen molar-refractivity contribution < 1.29 is 19.5 Å². The van der Waals surface area contributed by atoms with Crippen LogP contribution in [0.3, 0.4) is 0 Å². The number of carbonyl (C=O) groups is 3. The molecule has 0 atom stereocenters. The molecule has 3 N–H and O–H groups in total. The number of carbonyl (C=O) groups excluding carboxylic acids is 2. The van der Waals surface area contributed by atoms with Gasteiger partial charge in [-0.25, -0.2) is 0 Å². The van der Waals surface area contributed by atoms with Crippen molar-refractivity contribution in [3.8, 4) is 0 Å². The predicted octanol–water partition coefficient (Wildman–Crippen LogP) is 2.88. The maximum atomic E-state index is 11.8. The molecule has 7 heteroatoms. The fourth-order valence-electron chi connectivity index (χ4n) is 1.69. The second-order valence-corrected chi connectivity index (χ2v) is 4.96. The molecular weight excluding hydrogens is 296 g/mol. The normalized spacial score (nSPS) is 10.0. The fourth-order valence-corrected chi connectivity index (χ4v) is 1.87. The molecule has 21 heavy (non-hydrogen) atoms. The summed E-state index contributed by atoms with van der Waals surface area (Å²) in [5.41, 5.74) is 0.881. The number of aliphatic carboxylic acids is 1. The van der Waals surface area contributed by atoms with Gasteiger partial charge in [-0.05, 0) is 31.0 Å². The van der Waals surface area contributed by atoms with E-state index in [0.717, 1.165) is 0 Å². The predicted molar refractivity (Wildman–Crippen MR) is 80.5 cm³/mol. The van der Waals surface area contributed by atoms with Crippen molar-refractivity contribution in [2.75, 3.05) is 10.6 Å². The van der Waals surface area contributed by atoms with E-state index in [1.165, 1.54) is 6.92 Å². The molecule has 6 nitrogen and oxygen atoms in total. The second kappa shape index (κ2) is 8.26. The number of hydrogen-bond acceptors (Lipinski definition) is 3. The number of halogens is 1. The Bertz CT molecular complexity index is 546. The van der Waals surface area contributed by atoms with Gasteiger partial charge in [0.1, 0.15) is 0 Å². The lowest BCUT2D eigenvalue weighted by Gasteiger charge is -2.11. The number of unbranched alkanes of at least 4 members (excludes halogenated alkanes) is 1. The lowest BCUT2D eigenvalue weighted by Crippen LogP contribution is -2.14. The van der Waals surface area contributed by atoms with Gasteiger partial charge < -0.3 is 15.7 Å². The van der Waals surface area contributed by atoms with E-state index < -0.39 is 5.97 Å². The van der Waals surface area contributed by atoms with Crippen molar-refractivity contribution in [2.24, 2.45) is 0 Å². The van der Waals surface area contributed by atoms with Gasteiger partial charge in [0.15, 0.2) is 0 Å². The summed E-state index contributed by atoms with van der Waals surface area (Å²) in [6.07, 6.45) is 1.17. The minimum absolute atomic E-state index is 0.0432. The highest BCUT2D eigenvalue weighted by Gasteiger charge is 2.09. The summed E-state index contributed by atoms with van der Waals surface area (Å²) in [4.78, 5) is 33.3. The van der Waals surface area contributed by atoms with Gasteiger partial charge in [0.05, 0.1) is 11.4 Å². The molecule has 2 amide bonds. The van der Waals surface area contributed by atoms with Gasteiger partial charge in [-0.15, -0.1) is 0 Å². The Morgan fingerprint density at radius 3 is 2.38 bits per heavy atom. The molecule has 114 valence electrons. The zero-order valence-corrected chi connectivity index (χ0v) is 12.4. The first-order valence-corrected chi connectivity index (χ1v) is 6.85. The van der Waals surface area contributed by atoms with Gasteiger partial charge in [0.25, 0.3) is 0 Å². The third kappa shape index (κ3) is 6.76. The minimum Gasteiger partial charge on any atom is -0.481 e. The highest BCUT2D eigenvalue weighted by Crippen LogP contribution is 2.26. The Morgan fingerprint density at radius 1 is 1.10 bits per heavy atom. The van der Waals surface area contributed by atoms with Gasteiger partial charge in [-0.3, -0.25) is 14.4 Å². The number of hydrogen-bond donors (Lipinski definition) is 3. The Morgan fingerprint density at radius 2 is 1.76 bits per heavy atom. The quantitative estimate of drug-likeness (QED) is 0.675. The zero-order chi connectivity index (χ0) is 15.8. The van der Waals surface area contributed by atoms with Gasteiger partial charge >= 0.3 is 5.97 Å². The van der Waals surface area contributed by atoms with E-state index in [1.54, 1.807) is 18.2 Å². The van der Waals surface area contributed by atoms with E-state index in [2.05, 4.69) is 10.6 Å². The van der Waals surface area contributed by atoms with Crippen LogP contribution in [0.5, 0.6) is 0 Å². The van der Waals surface area contributed by atoms with Crippen LogP contribution in [0, 0.1) is 0 Å². The molecule has 0 spiro atoms. The molecule has 0 heterocycles. The summed E-state index contributed by atoms with van der Waals surface area (Å²) < 4.78 is 0. The monoisotopic (exact) mass is 312 g/mol. The molecule has 0 saturated carbocycles. The Kier molecular flexibility index (Phi) is 6.68. The number of carboxylic acid groups (broad SMARTS) is 1. The number of amides is 2. The summed E-state index contributed by atoms with van der Waals surface area (Å²) in [7, 11) is 0. The Balaban J connectivity index is 2.60. The van der Waals surface area contributed by atoms with Crippen LogP contribution in [-0.4, -0.2) is 22.9 Å². The molecule has 0 aliphatic carbocycles. The first-order chi connectivity index (χ1) is 9.88. The minimum atomic E-state index is -0.877. The van der Waals surface area contributed by atoms with Crippen LogP contribution in [0.25, 0.3) is 0 Å². The topological polar surface area (TPSA) is 95.5 Å². The van der Waals surface area contributed by atoms with Crippen molar-refractivity contribution in [1.82, 2.24) is 0 Å². The van der Waals surface area contributed by atoms with Crippen molar-refractivity contribution in [3.63, 3.8) is 0 Å². The molecule has 1 aromatic carbocycles. The maximum absolute atomic E-state index is 11.8. The number of anilines is 2. The third-order valence-corrected chi connectivity index (χ3v) is 2.85. The van der Waals surface area contributed by atoms with E-state index in [1.807, 2.05) is 0 Å². The van der Waals surface area contributed by atoms with Crippen LogP contribution < -0.4 is 10.6 Å². The van der Waals surface area contributed by atoms with Gasteiger partial charge in [-0.1, -0.05) is 11.6 Å². The third-order valence-electron chi connectivity index (χ3n) is 2.61. The Labute approximate surface area is 127 Å². The lowest BCUT2D eigenvalue weighted by molar-refractivity contribution is -0.137. The van der Waals surface area contributed by atoms with Crippen molar-refractivity contribution in [1.29, 1.82) is 0 Å². The second-order valence-electron chi connectivity index (χ2n) is 4.52. The molecule has 0 radical (unpaired) electrons. The highest BCUT2D eigenvalue weighted by atomic mass is 35.5. The maximum Gasteiger partial charge on any atom is 0.303 e. The van der Waals surface area contributed by atoms with Crippen LogP contribution in [0.4, 0.5) is 11.4 Å². The van der Waals surface area contributed by atoms with Crippen LogP contribution in [0.2, 0.25) is 5.02 Å². The molecule has 1 aromatic rings. The summed E-state index contributed by atoms with van der Waals surface area (Å²) >= 11 is 5.87. The zero-order valence-electron chi connectivity index (χ0n) is 11.6. The van der Waals surface area contributed by atoms with Crippen LogP contribution >= 0.6 is 11.6 Å². The smallest absolute Gasteiger partial charge is 0.303 e. The molecule has 0 fully saturated rings. The number of benzene rings is 1. The fraction of sp³-hybridized carbons (Fsp3) is 0.357. The summed E-state index contributed by atoms with van der Waals surface area (Å²) in [6, 6.07) is 4.75. The molecule has 0 aliphatic heterocycles. The molecule has 0 bridgehead atoms. The van der Waals surface area contributed by atoms with E-state index in [4.69, 9.17) is 16.7 Å². The molecule has 0 unspecified atom stereocenters. The largest absolute Gasteiger partial charge is 0.481 e.